The van der Waals surface area contributed by atoms with Crippen molar-refractivity contribution in [2.24, 2.45) is 0 Å². The van der Waals surface area contributed by atoms with E-state index in [1.807, 2.05) is 30.3 Å². The maximum absolute atomic E-state index is 14.9. The predicted molar refractivity (Wildman–Crippen MR) is 171 cm³/mol. The third kappa shape index (κ3) is 5.66. The Morgan fingerprint density at radius 1 is 0.600 bits per heavy atom. The number of esters is 2. The molecule has 0 radical (unpaired) electrons. The lowest BCUT2D eigenvalue weighted by atomic mass is 9.84. The number of halogens is 6. The van der Waals surface area contributed by atoms with E-state index in [4.69, 9.17) is 18.9 Å². The Bertz CT molecular complexity index is 2030. The highest BCUT2D eigenvalue weighted by Crippen LogP contribution is 2.48. The second-order valence-corrected chi connectivity index (χ2v) is 11.9. The summed E-state index contributed by atoms with van der Waals surface area (Å²) in [6.45, 7) is 0. The standard InChI is InChI=1S/C38H30F6O6/c1-47-35(37(39,40)41,26-12-5-3-6-13-26)33(45)49-31-20-19-25-21-24-18-17-23-11-9-10-16-28(23)29(24)22-30(25)32(31)50-34(46)36(48-2,38(42,43)44)27-14-7-4-8-15-27/h3-18,21-22,31-32H,19-20H2,1-2H3/t31-,32+,35-,36-/m0/s1. The maximum atomic E-state index is 14.9. The van der Waals surface area contributed by atoms with Gasteiger partial charge < -0.3 is 18.9 Å². The van der Waals surface area contributed by atoms with Crippen molar-refractivity contribution >= 4 is 33.5 Å². The molecule has 6 nitrogen and oxygen atoms in total. The molecule has 5 aromatic rings. The number of carbonyl (C=O) groups excluding carboxylic acids is 2. The second-order valence-electron chi connectivity index (χ2n) is 11.9. The topological polar surface area (TPSA) is 71.1 Å². The fraction of sp³-hybridized carbons (Fsp3) is 0.263. The summed E-state index contributed by atoms with van der Waals surface area (Å²) in [6, 6.07) is 26.6. The molecule has 0 fully saturated rings. The lowest BCUT2D eigenvalue weighted by Crippen LogP contribution is -2.54. The first-order valence-electron chi connectivity index (χ1n) is 15.5. The molecule has 0 bridgehead atoms. The third-order valence-corrected chi connectivity index (χ3v) is 9.19. The first kappa shape index (κ1) is 34.9. The number of hydrogen-bond acceptors (Lipinski definition) is 6. The van der Waals surface area contributed by atoms with Crippen LogP contribution in [0.1, 0.15) is 34.8 Å². The molecule has 1 aliphatic carbocycles. The molecule has 0 aliphatic heterocycles. The Balaban J connectivity index is 1.51. The summed E-state index contributed by atoms with van der Waals surface area (Å²) in [5.41, 5.74) is -7.69. The highest BCUT2D eigenvalue weighted by molar-refractivity contribution is 6.08. The molecule has 5 aromatic carbocycles. The molecule has 0 unspecified atom stereocenters. The fourth-order valence-corrected chi connectivity index (χ4v) is 6.70. The van der Waals surface area contributed by atoms with E-state index in [0.717, 1.165) is 40.4 Å². The summed E-state index contributed by atoms with van der Waals surface area (Å²) < 4.78 is 110. The normalized spacial score (nSPS) is 18.9. The van der Waals surface area contributed by atoms with Gasteiger partial charge in [0, 0.05) is 30.9 Å². The molecular formula is C38H30F6O6. The minimum Gasteiger partial charge on any atom is -0.455 e. The van der Waals surface area contributed by atoms with E-state index in [-0.39, 0.29) is 18.4 Å². The van der Waals surface area contributed by atoms with Gasteiger partial charge in [-0.3, -0.25) is 0 Å². The Morgan fingerprint density at radius 2 is 1.10 bits per heavy atom. The van der Waals surface area contributed by atoms with Crippen LogP contribution in [-0.4, -0.2) is 44.6 Å². The van der Waals surface area contributed by atoms with E-state index in [2.05, 4.69) is 0 Å². The van der Waals surface area contributed by atoms with Gasteiger partial charge in [0.2, 0.25) is 0 Å². The minimum absolute atomic E-state index is 0.134. The Kier molecular flexibility index (Phi) is 9.12. The van der Waals surface area contributed by atoms with Crippen molar-refractivity contribution in [3.05, 3.63) is 131 Å². The highest BCUT2D eigenvalue weighted by Gasteiger charge is 2.66. The molecule has 0 saturated carbocycles. The Hall–Kier alpha value is -4.94. The van der Waals surface area contributed by atoms with Crippen molar-refractivity contribution in [3.63, 3.8) is 0 Å². The monoisotopic (exact) mass is 696 g/mol. The van der Waals surface area contributed by atoms with Crippen LogP contribution in [0.25, 0.3) is 21.5 Å². The van der Waals surface area contributed by atoms with E-state index in [0.29, 0.717) is 25.2 Å². The van der Waals surface area contributed by atoms with Gasteiger partial charge in [-0.25, -0.2) is 9.59 Å². The summed E-state index contributed by atoms with van der Waals surface area (Å²) in [4.78, 5) is 27.7. The molecule has 12 heteroatoms. The van der Waals surface area contributed by atoms with E-state index >= 15 is 0 Å². The number of ether oxygens (including phenoxy) is 4. The number of fused-ring (bicyclic) bond motifs is 4. The smallest absolute Gasteiger partial charge is 0.432 e. The van der Waals surface area contributed by atoms with E-state index in [9.17, 15) is 35.9 Å². The van der Waals surface area contributed by atoms with Crippen molar-refractivity contribution in [1.82, 2.24) is 0 Å². The molecule has 0 spiro atoms. The lowest BCUT2D eigenvalue weighted by molar-refractivity contribution is -0.286. The van der Waals surface area contributed by atoms with Crippen LogP contribution in [-0.2, 0) is 46.2 Å². The molecular weight excluding hydrogens is 666 g/mol. The van der Waals surface area contributed by atoms with Crippen LogP contribution in [0, 0.1) is 0 Å². The summed E-state index contributed by atoms with van der Waals surface area (Å²) in [6.07, 6.45) is -14.2. The summed E-state index contributed by atoms with van der Waals surface area (Å²) in [7, 11) is 1.40. The maximum Gasteiger partial charge on any atom is 0.432 e. The largest absolute Gasteiger partial charge is 0.455 e. The number of carbonyl (C=O) groups is 2. The number of hydrogen-bond donors (Lipinski definition) is 0. The average Bonchev–Trinajstić information content (AvgIpc) is 3.09. The van der Waals surface area contributed by atoms with Gasteiger partial charge in [0.05, 0.1) is 0 Å². The van der Waals surface area contributed by atoms with Crippen LogP contribution in [0.5, 0.6) is 0 Å². The molecule has 260 valence electrons. The number of methoxy groups -OCH3 is 2. The molecule has 0 N–H and O–H groups in total. The SMILES string of the molecule is CO[C@](C(=O)O[C@H]1CCc2cc3ccc4ccccc4c3cc2[C@H]1OC(=O)[C@@](OC)(c1ccccc1)C(F)(F)F)(c1ccccc1)C(F)(F)F. The van der Waals surface area contributed by atoms with Gasteiger partial charge in [0.25, 0.3) is 11.2 Å². The van der Waals surface area contributed by atoms with Crippen LogP contribution in [0.4, 0.5) is 26.3 Å². The van der Waals surface area contributed by atoms with Gasteiger partial charge in [-0.1, -0.05) is 103 Å². The zero-order valence-corrected chi connectivity index (χ0v) is 26.7. The number of aryl methyl sites for hydroxylation is 1. The molecule has 0 aromatic heterocycles. The Labute approximate surface area is 282 Å². The average molecular weight is 697 g/mol. The predicted octanol–water partition coefficient (Wildman–Crippen LogP) is 8.64. The summed E-state index contributed by atoms with van der Waals surface area (Å²) in [5.74, 6) is -3.77. The lowest BCUT2D eigenvalue weighted by Gasteiger charge is -2.39. The van der Waals surface area contributed by atoms with E-state index < -0.39 is 58.8 Å². The fourth-order valence-electron chi connectivity index (χ4n) is 6.70. The van der Waals surface area contributed by atoms with Crippen molar-refractivity contribution in [3.8, 4) is 0 Å². The van der Waals surface area contributed by atoms with Crippen LogP contribution >= 0.6 is 0 Å². The number of benzene rings is 5. The molecule has 0 heterocycles. The van der Waals surface area contributed by atoms with Gasteiger partial charge in [-0.05, 0) is 46.0 Å². The van der Waals surface area contributed by atoms with Gasteiger partial charge in [-0.15, -0.1) is 0 Å². The van der Waals surface area contributed by atoms with E-state index in [1.165, 1.54) is 36.4 Å². The first-order valence-corrected chi connectivity index (χ1v) is 15.5. The summed E-state index contributed by atoms with van der Waals surface area (Å²) >= 11 is 0. The van der Waals surface area contributed by atoms with Gasteiger partial charge in [0.1, 0.15) is 6.10 Å². The summed E-state index contributed by atoms with van der Waals surface area (Å²) in [5, 5.41) is 3.01. The molecule has 4 atom stereocenters. The minimum atomic E-state index is -5.35. The van der Waals surface area contributed by atoms with Crippen LogP contribution < -0.4 is 0 Å². The molecule has 0 amide bonds. The van der Waals surface area contributed by atoms with Crippen molar-refractivity contribution < 1.29 is 54.9 Å². The van der Waals surface area contributed by atoms with Crippen LogP contribution in [0.15, 0.2) is 109 Å². The van der Waals surface area contributed by atoms with Crippen molar-refractivity contribution in [1.29, 1.82) is 0 Å². The van der Waals surface area contributed by atoms with Crippen LogP contribution in [0.2, 0.25) is 0 Å². The van der Waals surface area contributed by atoms with Gasteiger partial charge in [-0.2, -0.15) is 26.3 Å². The van der Waals surface area contributed by atoms with Gasteiger partial charge in [0.15, 0.2) is 6.10 Å². The van der Waals surface area contributed by atoms with Crippen LogP contribution in [0.3, 0.4) is 0 Å². The van der Waals surface area contributed by atoms with Crippen molar-refractivity contribution in [2.75, 3.05) is 14.2 Å². The quantitative estimate of drug-likeness (QED) is 0.0920. The molecule has 0 saturated heterocycles. The molecule has 50 heavy (non-hydrogen) atoms. The third-order valence-electron chi connectivity index (χ3n) is 9.19. The first-order chi connectivity index (χ1) is 23.8. The second kappa shape index (κ2) is 13.1. The number of alkyl halides is 6. The zero-order valence-electron chi connectivity index (χ0n) is 26.7. The Morgan fingerprint density at radius 3 is 1.64 bits per heavy atom. The van der Waals surface area contributed by atoms with E-state index in [1.54, 1.807) is 18.2 Å². The molecule has 6 rings (SSSR count). The zero-order chi connectivity index (χ0) is 35.9. The van der Waals surface area contributed by atoms with Crippen molar-refractivity contribution in [2.45, 2.75) is 48.6 Å². The van der Waals surface area contributed by atoms with Gasteiger partial charge >= 0.3 is 24.3 Å². The highest BCUT2D eigenvalue weighted by atomic mass is 19.4. The number of rotatable bonds is 8. The molecule has 1 aliphatic rings.